The van der Waals surface area contributed by atoms with Crippen LogP contribution in [0, 0.1) is 0 Å². The van der Waals surface area contributed by atoms with E-state index in [1.165, 1.54) is 16.7 Å². The van der Waals surface area contributed by atoms with E-state index in [9.17, 15) is 9.59 Å². The molecule has 6 heteroatoms. The molecular weight excluding hydrogens is 252 g/mol. The lowest BCUT2D eigenvalue weighted by Gasteiger charge is -2.20. The Morgan fingerprint density at radius 2 is 2.11 bits per heavy atom. The number of carbonyl (C=O) groups is 2. The van der Waals surface area contributed by atoms with Crippen LogP contribution in [0.2, 0.25) is 0 Å². The molecule has 0 aromatic heterocycles. The molecule has 1 aromatic rings. The van der Waals surface area contributed by atoms with Gasteiger partial charge < -0.3 is 15.3 Å². The second kappa shape index (κ2) is 5.77. The number of hydrogen-bond donors (Lipinski definition) is 2. The molecule has 0 saturated carbocycles. The minimum atomic E-state index is -0.949. The molecule has 1 saturated heterocycles. The molecule has 5 nitrogen and oxygen atoms in total. The van der Waals surface area contributed by atoms with Crippen molar-refractivity contribution < 1.29 is 14.7 Å². The lowest BCUT2D eigenvalue weighted by atomic mass is 10.2. The number of carbonyl (C=O) groups excluding carboxylic acids is 1. The number of urea groups is 1. The molecule has 0 radical (unpaired) electrons. The highest BCUT2D eigenvalue weighted by atomic mass is 32.2. The molecule has 0 aliphatic carbocycles. The molecule has 0 spiro atoms. The minimum Gasteiger partial charge on any atom is -0.480 e. The standard InChI is InChI=1S/C12H14N2O3S/c15-11(16)10-7-18-8-14(10)12(17)13-6-9-4-2-1-3-5-9/h1-5,10H,6-8H2,(H,13,17)(H,15,16)/t10-/m0/s1. The van der Waals surface area contributed by atoms with E-state index in [4.69, 9.17) is 5.11 Å². The summed E-state index contributed by atoms with van der Waals surface area (Å²) in [6, 6.07) is 8.48. The van der Waals surface area contributed by atoms with E-state index in [2.05, 4.69) is 5.32 Å². The van der Waals surface area contributed by atoms with Crippen molar-refractivity contribution in [3.05, 3.63) is 35.9 Å². The number of thioether (sulfide) groups is 1. The third-order valence-electron chi connectivity index (χ3n) is 2.71. The van der Waals surface area contributed by atoms with Gasteiger partial charge in [-0.3, -0.25) is 0 Å². The van der Waals surface area contributed by atoms with Gasteiger partial charge in [0.15, 0.2) is 0 Å². The van der Waals surface area contributed by atoms with Crippen LogP contribution in [0.1, 0.15) is 5.56 Å². The largest absolute Gasteiger partial charge is 0.480 e. The van der Waals surface area contributed by atoms with Crippen molar-refractivity contribution in [3.8, 4) is 0 Å². The number of carboxylic acid groups (broad SMARTS) is 1. The van der Waals surface area contributed by atoms with E-state index in [0.29, 0.717) is 18.2 Å². The van der Waals surface area contributed by atoms with Crippen LogP contribution >= 0.6 is 11.8 Å². The van der Waals surface area contributed by atoms with Gasteiger partial charge in [-0.2, -0.15) is 0 Å². The Kier molecular flexibility index (Phi) is 4.09. The number of rotatable bonds is 3. The number of hydrogen-bond acceptors (Lipinski definition) is 3. The maximum Gasteiger partial charge on any atom is 0.327 e. The first-order valence-corrected chi connectivity index (χ1v) is 6.73. The molecule has 96 valence electrons. The zero-order valence-electron chi connectivity index (χ0n) is 9.70. The van der Waals surface area contributed by atoms with Gasteiger partial charge in [-0.1, -0.05) is 30.3 Å². The van der Waals surface area contributed by atoms with Crippen molar-refractivity contribution in [2.75, 3.05) is 11.6 Å². The monoisotopic (exact) mass is 266 g/mol. The quantitative estimate of drug-likeness (QED) is 0.866. The molecule has 18 heavy (non-hydrogen) atoms. The van der Waals surface area contributed by atoms with Crippen LogP contribution < -0.4 is 5.32 Å². The van der Waals surface area contributed by atoms with Crippen LogP contribution in [0.15, 0.2) is 30.3 Å². The molecule has 2 N–H and O–H groups in total. The fraction of sp³-hybridized carbons (Fsp3) is 0.333. The lowest BCUT2D eigenvalue weighted by Crippen LogP contribution is -2.46. The van der Waals surface area contributed by atoms with Gasteiger partial charge in [0, 0.05) is 12.3 Å². The first-order chi connectivity index (χ1) is 8.68. The Bertz CT molecular complexity index is 438. The van der Waals surface area contributed by atoms with Gasteiger partial charge in [0.2, 0.25) is 0 Å². The van der Waals surface area contributed by atoms with Crippen LogP contribution in [0.25, 0.3) is 0 Å². The lowest BCUT2D eigenvalue weighted by molar-refractivity contribution is -0.140. The number of carboxylic acids is 1. The fourth-order valence-corrected chi connectivity index (χ4v) is 2.87. The van der Waals surface area contributed by atoms with E-state index in [-0.39, 0.29) is 6.03 Å². The molecule has 1 aliphatic rings. The Hall–Kier alpha value is -1.69. The van der Waals surface area contributed by atoms with Crippen LogP contribution in [0.4, 0.5) is 4.79 Å². The van der Waals surface area contributed by atoms with Crippen molar-refractivity contribution in [2.45, 2.75) is 12.6 Å². The maximum absolute atomic E-state index is 11.9. The van der Waals surface area contributed by atoms with Gasteiger partial charge in [-0.05, 0) is 5.56 Å². The number of nitrogens with one attached hydrogen (secondary N) is 1. The number of amides is 2. The van der Waals surface area contributed by atoms with Crippen molar-refractivity contribution in [1.82, 2.24) is 10.2 Å². The zero-order chi connectivity index (χ0) is 13.0. The summed E-state index contributed by atoms with van der Waals surface area (Å²) in [5.41, 5.74) is 0.990. The van der Waals surface area contributed by atoms with Crippen molar-refractivity contribution in [1.29, 1.82) is 0 Å². The molecule has 0 bridgehead atoms. The van der Waals surface area contributed by atoms with Gasteiger partial charge in [0.05, 0.1) is 5.88 Å². The summed E-state index contributed by atoms with van der Waals surface area (Å²) in [6.45, 7) is 0.410. The number of aliphatic carboxylic acids is 1. The summed E-state index contributed by atoms with van der Waals surface area (Å²) in [7, 11) is 0. The minimum absolute atomic E-state index is 0.323. The van der Waals surface area contributed by atoms with Gasteiger partial charge >= 0.3 is 12.0 Å². The average Bonchev–Trinajstić information content (AvgIpc) is 2.86. The molecule has 1 aliphatic heterocycles. The first-order valence-electron chi connectivity index (χ1n) is 5.57. The molecule has 0 unspecified atom stereocenters. The van der Waals surface area contributed by atoms with Gasteiger partial charge in [0.1, 0.15) is 6.04 Å². The average molecular weight is 266 g/mol. The van der Waals surface area contributed by atoms with Crippen LogP contribution in [0.5, 0.6) is 0 Å². The normalized spacial score (nSPS) is 18.7. The van der Waals surface area contributed by atoms with E-state index < -0.39 is 12.0 Å². The topological polar surface area (TPSA) is 69.6 Å². The highest BCUT2D eigenvalue weighted by Crippen LogP contribution is 2.20. The van der Waals surface area contributed by atoms with E-state index >= 15 is 0 Å². The Morgan fingerprint density at radius 3 is 2.78 bits per heavy atom. The molecule has 1 fully saturated rings. The second-order valence-corrected chi connectivity index (χ2v) is 4.97. The maximum atomic E-state index is 11.9. The smallest absolute Gasteiger partial charge is 0.327 e. The van der Waals surface area contributed by atoms with Gasteiger partial charge in [0.25, 0.3) is 0 Å². The highest BCUT2D eigenvalue weighted by Gasteiger charge is 2.34. The van der Waals surface area contributed by atoms with E-state index in [1.807, 2.05) is 30.3 Å². The predicted octanol–water partition coefficient (Wildman–Crippen LogP) is 1.36. The van der Waals surface area contributed by atoms with Gasteiger partial charge in [-0.25, -0.2) is 9.59 Å². The third-order valence-corrected chi connectivity index (χ3v) is 3.73. The molecule has 2 rings (SSSR count). The summed E-state index contributed by atoms with van der Waals surface area (Å²) < 4.78 is 0. The Morgan fingerprint density at radius 1 is 1.39 bits per heavy atom. The zero-order valence-corrected chi connectivity index (χ0v) is 10.5. The van der Waals surface area contributed by atoms with E-state index in [1.54, 1.807) is 0 Å². The molecule has 2 amide bonds. The summed E-state index contributed by atoms with van der Waals surface area (Å²) in [6.07, 6.45) is 0. The summed E-state index contributed by atoms with van der Waals surface area (Å²) >= 11 is 1.45. The van der Waals surface area contributed by atoms with Crippen molar-refractivity contribution in [2.24, 2.45) is 0 Å². The van der Waals surface area contributed by atoms with Crippen LogP contribution in [0.3, 0.4) is 0 Å². The third kappa shape index (κ3) is 2.95. The Labute approximate surface area is 109 Å². The number of benzene rings is 1. The SMILES string of the molecule is O=C(O)[C@@H]1CSCN1C(=O)NCc1ccccc1. The summed E-state index contributed by atoms with van der Waals surface area (Å²) in [4.78, 5) is 24.2. The fourth-order valence-electron chi connectivity index (χ4n) is 1.72. The molecule has 1 heterocycles. The predicted molar refractivity (Wildman–Crippen MR) is 69.3 cm³/mol. The molecule has 1 atom stereocenters. The van der Waals surface area contributed by atoms with Gasteiger partial charge in [-0.15, -0.1) is 11.8 Å². The van der Waals surface area contributed by atoms with Crippen molar-refractivity contribution in [3.63, 3.8) is 0 Å². The van der Waals surface area contributed by atoms with Crippen LogP contribution in [-0.4, -0.2) is 39.7 Å². The first kappa shape index (κ1) is 12.8. The molecule has 1 aromatic carbocycles. The number of nitrogens with zero attached hydrogens (tertiary/aromatic N) is 1. The van der Waals surface area contributed by atoms with E-state index in [0.717, 1.165) is 5.56 Å². The summed E-state index contributed by atoms with van der Waals surface area (Å²) in [5, 5.41) is 11.7. The second-order valence-electron chi connectivity index (χ2n) is 3.97. The molecular formula is C12H14N2O3S. The Balaban J connectivity index is 1.90. The highest BCUT2D eigenvalue weighted by molar-refractivity contribution is 7.99. The van der Waals surface area contributed by atoms with Crippen molar-refractivity contribution >= 4 is 23.8 Å². The van der Waals surface area contributed by atoms with Crippen LogP contribution in [-0.2, 0) is 11.3 Å². The summed E-state index contributed by atoms with van der Waals surface area (Å²) in [5.74, 6) is -0.0686.